The van der Waals surface area contributed by atoms with E-state index in [1.807, 2.05) is 25.3 Å². The van der Waals surface area contributed by atoms with Crippen molar-refractivity contribution in [3.05, 3.63) is 95.2 Å². The van der Waals surface area contributed by atoms with Gasteiger partial charge in [-0.3, -0.25) is 9.79 Å². The minimum atomic E-state index is -4.59. The van der Waals surface area contributed by atoms with E-state index in [4.69, 9.17) is 0 Å². The Morgan fingerprint density at radius 3 is 2.69 bits per heavy atom. The van der Waals surface area contributed by atoms with Crippen molar-refractivity contribution in [2.24, 2.45) is 9.98 Å². The molecule has 0 unspecified atom stereocenters. The predicted molar refractivity (Wildman–Crippen MR) is 146 cm³/mol. The Labute approximate surface area is 223 Å². The van der Waals surface area contributed by atoms with Crippen LogP contribution < -0.4 is 16.0 Å². The largest absolute Gasteiger partial charge is 0.416 e. The predicted octanol–water partition coefficient (Wildman–Crippen LogP) is 5.42. The summed E-state index contributed by atoms with van der Waals surface area (Å²) in [5.74, 6) is -0.115. The van der Waals surface area contributed by atoms with Crippen LogP contribution in [-0.4, -0.2) is 40.2 Å². The number of hydrogen-bond donors (Lipinski definition) is 3. The van der Waals surface area contributed by atoms with E-state index in [1.54, 1.807) is 31.3 Å². The van der Waals surface area contributed by atoms with Gasteiger partial charge in [0.05, 0.1) is 23.3 Å². The molecule has 0 spiro atoms. The molecule has 0 radical (unpaired) electrons. The zero-order valence-corrected chi connectivity index (χ0v) is 21.3. The van der Waals surface area contributed by atoms with Gasteiger partial charge in [0.2, 0.25) is 5.96 Å². The van der Waals surface area contributed by atoms with Gasteiger partial charge in [0, 0.05) is 48.3 Å². The summed E-state index contributed by atoms with van der Waals surface area (Å²) in [6.45, 7) is 4.88. The highest BCUT2D eigenvalue weighted by atomic mass is 19.4. The van der Waals surface area contributed by atoms with Gasteiger partial charge in [-0.25, -0.2) is 9.98 Å². The number of halogens is 3. The first kappa shape index (κ1) is 26.0. The van der Waals surface area contributed by atoms with Gasteiger partial charge >= 0.3 is 6.18 Å². The molecule has 0 aliphatic carbocycles. The fraction of sp³-hybridized carbons (Fsp3) is 0.214. The summed E-state index contributed by atoms with van der Waals surface area (Å²) < 4.78 is 42.3. The quantitative estimate of drug-likeness (QED) is 0.408. The van der Waals surface area contributed by atoms with E-state index in [0.29, 0.717) is 30.4 Å². The molecule has 5 rings (SSSR count). The first-order chi connectivity index (χ1) is 18.7. The van der Waals surface area contributed by atoms with Crippen LogP contribution in [0.15, 0.2) is 82.8 Å². The second-order valence-electron chi connectivity index (χ2n) is 9.24. The number of benzene rings is 2. The van der Waals surface area contributed by atoms with Crippen molar-refractivity contribution in [3.63, 3.8) is 0 Å². The third-order valence-corrected chi connectivity index (χ3v) is 6.28. The number of guanidine groups is 1. The SMILES string of the molecule is Cc1cn(-c2cc(NC(=O)c3ccc(C)c(NC4=NCCC(C5=CC=CNC5)=N4)c3)cc(C(F)(F)F)c2)cn1. The van der Waals surface area contributed by atoms with Crippen LogP contribution in [0, 0.1) is 13.8 Å². The molecular formula is C28H26F3N7O. The number of carbonyl (C=O) groups excluding carboxylic acids is 1. The van der Waals surface area contributed by atoms with E-state index in [1.165, 1.54) is 17.0 Å². The number of aromatic nitrogens is 2. The summed E-state index contributed by atoms with van der Waals surface area (Å²) in [5, 5.41) is 8.98. The maximum atomic E-state index is 13.6. The molecule has 2 aliphatic rings. The van der Waals surface area contributed by atoms with Gasteiger partial charge < -0.3 is 20.5 Å². The molecule has 3 N–H and O–H groups in total. The molecule has 11 heteroatoms. The highest BCUT2D eigenvalue weighted by Crippen LogP contribution is 2.33. The average molecular weight is 534 g/mol. The molecule has 8 nitrogen and oxygen atoms in total. The van der Waals surface area contributed by atoms with E-state index in [9.17, 15) is 18.0 Å². The molecule has 0 saturated carbocycles. The minimum absolute atomic E-state index is 0.0144. The number of alkyl halides is 3. The molecule has 0 atom stereocenters. The highest BCUT2D eigenvalue weighted by molar-refractivity contribution is 6.12. The molecule has 200 valence electrons. The van der Waals surface area contributed by atoms with Crippen LogP contribution >= 0.6 is 0 Å². The fourth-order valence-electron chi connectivity index (χ4n) is 4.23. The number of allylic oxidation sites excluding steroid dienone is 2. The van der Waals surface area contributed by atoms with Crippen LogP contribution in [0.1, 0.15) is 33.6 Å². The summed E-state index contributed by atoms with van der Waals surface area (Å²) in [7, 11) is 0. The van der Waals surface area contributed by atoms with Crippen LogP contribution in [0.5, 0.6) is 0 Å². The molecule has 0 fully saturated rings. The van der Waals surface area contributed by atoms with Crippen LogP contribution in [0.3, 0.4) is 0 Å². The Bertz CT molecular complexity index is 1550. The number of nitrogens with zero attached hydrogens (tertiary/aromatic N) is 4. The zero-order chi connectivity index (χ0) is 27.6. The number of aliphatic imine (C=N–C) groups is 2. The van der Waals surface area contributed by atoms with Gasteiger partial charge in [-0.05, 0) is 67.6 Å². The lowest BCUT2D eigenvalue weighted by Crippen LogP contribution is -2.25. The Kier molecular flexibility index (Phi) is 7.05. The van der Waals surface area contributed by atoms with Crippen LogP contribution in [0.25, 0.3) is 5.69 Å². The number of aryl methyl sites for hydroxylation is 2. The smallest absolute Gasteiger partial charge is 0.387 e. The topological polar surface area (TPSA) is 95.7 Å². The van der Waals surface area contributed by atoms with Gasteiger partial charge in [0.1, 0.15) is 0 Å². The standard InChI is InChI=1S/C28H26F3N7O/c1-17-5-6-19(10-25(17)37-27-33-9-7-24(36-27)20-4-3-8-32-14-20)26(39)35-22-11-21(28(29,30)31)12-23(13-22)38-15-18(2)34-16-38/h3-6,8,10-13,15-16,32H,7,9,14H2,1-2H3,(H,33,37)(H,35,39). The van der Waals surface area contributed by atoms with Crippen molar-refractivity contribution in [1.82, 2.24) is 14.9 Å². The fourth-order valence-corrected chi connectivity index (χ4v) is 4.23. The van der Waals surface area contributed by atoms with Crippen molar-refractivity contribution < 1.29 is 18.0 Å². The summed E-state index contributed by atoms with van der Waals surface area (Å²) in [4.78, 5) is 26.3. The monoisotopic (exact) mass is 533 g/mol. The van der Waals surface area contributed by atoms with Crippen molar-refractivity contribution in [2.45, 2.75) is 26.4 Å². The molecule has 1 aromatic heterocycles. The summed E-state index contributed by atoms with van der Waals surface area (Å²) >= 11 is 0. The first-order valence-corrected chi connectivity index (χ1v) is 12.3. The molecule has 2 aromatic carbocycles. The second kappa shape index (κ2) is 10.6. The van der Waals surface area contributed by atoms with Gasteiger partial charge in [0.25, 0.3) is 5.91 Å². The lowest BCUT2D eigenvalue weighted by molar-refractivity contribution is -0.137. The molecule has 2 aliphatic heterocycles. The first-order valence-electron chi connectivity index (χ1n) is 12.3. The minimum Gasteiger partial charge on any atom is -0.387 e. The Balaban J connectivity index is 1.38. The normalized spacial score (nSPS) is 15.2. The summed E-state index contributed by atoms with van der Waals surface area (Å²) in [6.07, 6.45) is 4.99. The van der Waals surface area contributed by atoms with Crippen molar-refractivity contribution >= 4 is 29.0 Å². The Hall–Kier alpha value is -4.67. The van der Waals surface area contributed by atoms with E-state index < -0.39 is 17.6 Å². The lowest BCUT2D eigenvalue weighted by Gasteiger charge is -2.18. The van der Waals surface area contributed by atoms with Gasteiger partial charge in [0.15, 0.2) is 0 Å². The number of anilines is 2. The third kappa shape index (κ3) is 6.08. The lowest BCUT2D eigenvalue weighted by atomic mass is 10.1. The van der Waals surface area contributed by atoms with E-state index in [0.717, 1.165) is 35.4 Å². The molecule has 0 bridgehead atoms. The Morgan fingerprint density at radius 2 is 1.97 bits per heavy atom. The van der Waals surface area contributed by atoms with Crippen molar-refractivity contribution in [1.29, 1.82) is 0 Å². The number of dihydropyridines is 1. The molecule has 3 heterocycles. The van der Waals surface area contributed by atoms with Crippen LogP contribution in [-0.2, 0) is 6.18 Å². The molecule has 0 saturated heterocycles. The van der Waals surface area contributed by atoms with Crippen molar-refractivity contribution in [3.8, 4) is 5.69 Å². The maximum absolute atomic E-state index is 13.6. The highest BCUT2D eigenvalue weighted by Gasteiger charge is 2.31. The van der Waals surface area contributed by atoms with Gasteiger partial charge in [-0.15, -0.1) is 0 Å². The molecule has 3 aromatic rings. The Morgan fingerprint density at radius 1 is 1.13 bits per heavy atom. The van der Waals surface area contributed by atoms with Gasteiger partial charge in [-0.2, -0.15) is 13.2 Å². The summed E-state index contributed by atoms with van der Waals surface area (Å²) in [5.41, 5.74) is 3.79. The van der Waals surface area contributed by atoms with Gasteiger partial charge in [-0.1, -0.05) is 12.1 Å². The number of rotatable bonds is 5. The third-order valence-electron chi connectivity index (χ3n) is 6.28. The van der Waals surface area contributed by atoms with E-state index in [2.05, 4.69) is 30.9 Å². The van der Waals surface area contributed by atoms with E-state index >= 15 is 0 Å². The average Bonchev–Trinajstić information content (AvgIpc) is 3.36. The number of carbonyl (C=O) groups is 1. The zero-order valence-electron chi connectivity index (χ0n) is 21.3. The molecular weight excluding hydrogens is 507 g/mol. The van der Waals surface area contributed by atoms with Crippen molar-refractivity contribution in [2.75, 3.05) is 23.7 Å². The molecule has 39 heavy (non-hydrogen) atoms. The number of nitrogens with one attached hydrogen (secondary N) is 3. The second-order valence-corrected chi connectivity index (χ2v) is 9.24. The number of amides is 1. The van der Waals surface area contributed by atoms with E-state index in [-0.39, 0.29) is 16.9 Å². The number of hydrogen-bond acceptors (Lipinski definition) is 6. The maximum Gasteiger partial charge on any atom is 0.416 e. The number of imidazole rings is 1. The van der Waals surface area contributed by atoms with Crippen LogP contribution in [0.4, 0.5) is 24.5 Å². The van der Waals surface area contributed by atoms with Crippen LogP contribution in [0.2, 0.25) is 0 Å². The summed E-state index contributed by atoms with van der Waals surface area (Å²) in [6, 6.07) is 8.41. The molecule has 1 amide bonds.